The van der Waals surface area contributed by atoms with Crippen LogP contribution in [-0.4, -0.2) is 56.4 Å². The van der Waals surface area contributed by atoms with Gasteiger partial charge in [-0.25, -0.2) is 8.42 Å². The smallest absolute Gasteiger partial charge is 0.218 e. The van der Waals surface area contributed by atoms with Crippen LogP contribution in [0.1, 0.15) is 26.7 Å². The summed E-state index contributed by atoms with van der Waals surface area (Å²) in [5.41, 5.74) is -0.368. The van der Waals surface area contributed by atoms with Crippen molar-refractivity contribution in [2.24, 2.45) is 0 Å². The lowest BCUT2D eigenvalue weighted by molar-refractivity contribution is -0.0642. The Morgan fingerprint density at radius 1 is 1.41 bits per heavy atom. The summed E-state index contributed by atoms with van der Waals surface area (Å²) >= 11 is 0. The van der Waals surface area contributed by atoms with Gasteiger partial charge in [-0.1, -0.05) is 0 Å². The molecule has 0 radical (unpaired) electrons. The van der Waals surface area contributed by atoms with Gasteiger partial charge in [-0.05, 0) is 33.2 Å². The molecule has 5 nitrogen and oxygen atoms in total. The molecule has 0 bridgehead atoms. The van der Waals surface area contributed by atoms with Crippen LogP contribution in [0.2, 0.25) is 0 Å². The highest BCUT2D eigenvalue weighted by atomic mass is 32.2. The Kier molecular flexibility index (Phi) is 3.77. The minimum absolute atomic E-state index is 0.259. The molecule has 2 aliphatic rings. The van der Waals surface area contributed by atoms with Gasteiger partial charge in [0.2, 0.25) is 10.0 Å². The van der Waals surface area contributed by atoms with E-state index in [-0.39, 0.29) is 10.9 Å². The van der Waals surface area contributed by atoms with E-state index in [0.717, 1.165) is 19.4 Å². The number of piperidine rings is 1. The van der Waals surface area contributed by atoms with E-state index in [1.54, 1.807) is 4.31 Å². The summed E-state index contributed by atoms with van der Waals surface area (Å²) in [5, 5.41) is 2.90. The van der Waals surface area contributed by atoms with E-state index in [9.17, 15) is 8.42 Å². The van der Waals surface area contributed by atoms with Crippen LogP contribution >= 0.6 is 0 Å². The molecule has 1 unspecified atom stereocenters. The van der Waals surface area contributed by atoms with Crippen LogP contribution in [0.3, 0.4) is 0 Å². The molecule has 0 aromatic carbocycles. The van der Waals surface area contributed by atoms with Crippen molar-refractivity contribution in [1.29, 1.82) is 0 Å². The zero-order chi connectivity index (χ0) is 12.5. The van der Waals surface area contributed by atoms with Crippen LogP contribution in [0, 0.1) is 0 Å². The lowest BCUT2D eigenvalue weighted by Crippen LogP contribution is -2.54. The molecule has 0 aliphatic carbocycles. The maximum atomic E-state index is 12.5. The molecule has 1 N–H and O–H groups in total. The summed E-state index contributed by atoms with van der Waals surface area (Å²) in [5.74, 6) is 0. The van der Waals surface area contributed by atoms with E-state index in [1.807, 2.05) is 13.8 Å². The largest absolute Gasteiger partial charge is 0.373 e. The number of nitrogens with zero attached hydrogens (tertiary/aromatic N) is 1. The second kappa shape index (κ2) is 4.84. The predicted octanol–water partition coefficient (Wildman–Crippen LogP) is 0.179. The molecule has 6 heteroatoms. The van der Waals surface area contributed by atoms with Gasteiger partial charge in [0.15, 0.2) is 0 Å². The molecule has 1 atom stereocenters. The van der Waals surface area contributed by atoms with E-state index in [4.69, 9.17) is 4.74 Å². The molecule has 2 fully saturated rings. The molecule has 0 saturated carbocycles. The van der Waals surface area contributed by atoms with Gasteiger partial charge in [0, 0.05) is 19.6 Å². The van der Waals surface area contributed by atoms with Crippen molar-refractivity contribution in [2.45, 2.75) is 37.5 Å². The molecule has 0 aromatic rings. The first-order valence-corrected chi connectivity index (χ1v) is 7.76. The van der Waals surface area contributed by atoms with Gasteiger partial charge < -0.3 is 10.1 Å². The summed E-state index contributed by atoms with van der Waals surface area (Å²) in [6, 6.07) is 0. The van der Waals surface area contributed by atoms with E-state index in [2.05, 4.69) is 5.32 Å². The molecule has 2 aliphatic heterocycles. The molecule has 2 heterocycles. The summed E-state index contributed by atoms with van der Waals surface area (Å²) in [4.78, 5) is 0. The number of sulfonamides is 1. The lowest BCUT2D eigenvalue weighted by atomic mass is 10.1. The van der Waals surface area contributed by atoms with Crippen molar-refractivity contribution >= 4 is 10.0 Å². The van der Waals surface area contributed by atoms with Crippen LogP contribution in [0.25, 0.3) is 0 Å². The van der Waals surface area contributed by atoms with Crippen molar-refractivity contribution in [3.8, 4) is 0 Å². The monoisotopic (exact) mass is 262 g/mol. The molecule has 17 heavy (non-hydrogen) atoms. The van der Waals surface area contributed by atoms with Gasteiger partial charge in [-0.15, -0.1) is 0 Å². The van der Waals surface area contributed by atoms with Gasteiger partial charge in [0.05, 0.1) is 17.5 Å². The van der Waals surface area contributed by atoms with Crippen LogP contribution in [0.15, 0.2) is 0 Å². The fraction of sp³-hybridized carbons (Fsp3) is 1.00. The molecular weight excluding hydrogens is 240 g/mol. The fourth-order valence-corrected chi connectivity index (χ4v) is 4.51. The lowest BCUT2D eigenvalue weighted by Gasteiger charge is -2.39. The van der Waals surface area contributed by atoms with E-state index in [1.165, 1.54) is 0 Å². The summed E-state index contributed by atoms with van der Waals surface area (Å²) in [6.45, 7) is 6.84. The Hall–Kier alpha value is -0.170. The minimum Gasteiger partial charge on any atom is -0.373 e. The number of morpholine rings is 1. The maximum Gasteiger partial charge on any atom is 0.218 e. The summed E-state index contributed by atoms with van der Waals surface area (Å²) in [7, 11) is -3.17. The Bertz CT molecular complexity index is 361. The summed E-state index contributed by atoms with van der Waals surface area (Å²) in [6.07, 6.45) is 1.71. The van der Waals surface area contributed by atoms with Crippen molar-refractivity contribution in [2.75, 3.05) is 32.8 Å². The van der Waals surface area contributed by atoms with Crippen molar-refractivity contribution < 1.29 is 13.2 Å². The quantitative estimate of drug-likeness (QED) is 0.771. The van der Waals surface area contributed by atoms with E-state index >= 15 is 0 Å². The second-order valence-corrected chi connectivity index (χ2v) is 7.67. The average Bonchev–Trinajstić information content (AvgIpc) is 2.29. The minimum atomic E-state index is -3.17. The van der Waals surface area contributed by atoms with Gasteiger partial charge in [-0.2, -0.15) is 4.31 Å². The number of nitrogens with one attached hydrogen (secondary N) is 1. The van der Waals surface area contributed by atoms with Gasteiger partial charge in [0.25, 0.3) is 0 Å². The van der Waals surface area contributed by atoms with Crippen molar-refractivity contribution in [1.82, 2.24) is 9.62 Å². The van der Waals surface area contributed by atoms with E-state index in [0.29, 0.717) is 26.2 Å². The van der Waals surface area contributed by atoms with Crippen LogP contribution in [0.5, 0.6) is 0 Å². The number of ether oxygens (including phenoxy) is 1. The van der Waals surface area contributed by atoms with E-state index < -0.39 is 10.0 Å². The van der Waals surface area contributed by atoms with Crippen LogP contribution in [-0.2, 0) is 14.8 Å². The Balaban J connectivity index is 2.09. The molecule has 2 saturated heterocycles. The number of rotatable bonds is 2. The first kappa shape index (κ1) is 13.3. The zero-order valence-corrected chi connectivity index (χ0v) is 11.4. The highest BCUT2D eigenvalue weighted by Gasteiger charge is 2.38. The third kappa shape index (κ3) is 2.99. The topological polar surface area (TPSA) is 58.6 Å². The van der Waals surface area contributed by atoms with Gasteiger partial charge in [-0.3, -0.25) is 0 Å². The molecule has 0 amide bonds. The molecule has 0 aromatic heterocycles. The zero-order valence-electron chi connectivity index (χ0n) is 10.6. The van der Waals surface area contributed by atoms with Crippen molar-refractivity contribution in [3.05, 3.63) is 0 Å². The standard InChI is InChI=1S/C11H22N2O3S/c1-11(2)9-13(6-7-16-11)17(14,15)10-4-3-5-12-8-10/h10,12H,3-9H2,1-2H3. The second-order valence-electron chi connectivity index (χ2n) is 5.46. The maximum absolute atomic E-state index is 12.5. The fourth-order valence-electron chi connectivity index (χ4n) is 2.48. The van der Waals surface area contributed by atoms with Crippen LogP contribution < -0.4 is 5.32 Å². The first-order valence-electron chi connectivity index (χ1n) is 6.25. The highest BCUT2D eigenvalue weighted by molar-refractivity contribution is 7.89. The normalized spacial score (nSPS) is 31.3. The third-order valence-corrected chi connectivity index (χ3v) is 5.70. The van der Waals surface area contributed by atoms with Gasteiger partial charge in [0.1, 0.15) is 0 Å². The SMILES string of the molecule is CC1(C)CN(S(=O)(=O)C2CCCNC2)CCO1. The number of hydrogen-bond acceptors (Lipinski definition) is 4. The van der Waals surface area contributed by atoms with Crippen molar-refractivity contribution in [3.63, 3.8) is 0 Å². The third-order valence-electron chi connectivity index (χ3n) is 3.42. The molecular formula is C11H22N2O3S. The highest BCUT2D eigenvalue weighted by Crippen LogP contribution is 2.23. The first-order chi connectivity index (χ1) is 7.92. The molecule has 2 rings (SSSR count). The Labute approximate surface area is 104 Å². The summed E-state index contributed by atoms with van der Waals surface area (Å²) < 4.78 is 32.1. The Morgan fingerprint density at radius 3 is 2.76 bits per heavy atom. The van der Waals surface area contributed by atoms with Gasteiger partial charge >= 0.3 is 0 Å². The van der Waals surface area contributed by atoms with Crippen LogP contribution in [0.4, 0.5) is 0 Å². The molecule has 0 spiro atoms. The predicted molar refractivity (Wildman–Crippen MR) is 66.4 cm³/mol. The average molecular weight is 262 g/mol. The molecule has 100 valence electrons. The Morgan fingerprint density at radius 2 is 2.18 bits per heavy atom. The number of hydrogen-bond donors (Lipinski definition) is 1.